The Balaban J connectivity index is 2.02. The Morgan fingerprint density at radius 2 is 2.17 bits per heavy atom. The average molecular weight is 329 g/mol. The monoisotopic (exact) mass is 329 g/mol. The largest absolute Gasteiger partial charge is 0.462 e. The van der Waals surface area contributed by atoms with Crippen molar-refractivity contribution in [2.75, 3.05) is 11.9 Å². The summed E-state index contributed by atoms with van der Waals surface area (Å²) in [7, 11) is 1.80. The molecule has 3 aromatic heterocycles. The van der Waals surface area contributed by atoms with Crippen LogP contribution < -0.4 is 5.32 Å². The van der Waals surface area contributed by atoms with Gasteiger partial charge < -0.3 is 14.6 Å². The second kappa shape index (κ2) is 6.31. The molecule has 0 spiro atoms. The maximum Gasteiger partial charge on any atom is 0.341 e. The highest BCUT2D eigenvalue weighted by Gasteiger charge is 2.19. The summed E-state index contributed by atoms with van der Waals surface area (Å²) in [6.07, 6.45) is 3.19. The zero-order chi connectivity index (χ0) is 17.3. The molecule has 0 aliphatic heterocycles. The van der Waals surface area contributed by atoms with Crippen molar-refractivity contribution in [1.29, 1.82) is 0 Å². The highest BCUT2D eigenvalue weighted by Crippen LogP contribution is 2.27. The van der Waals surface area contributed by atoms with E-state index < -0.39 is 5.97 Å². The van der Waals surface area contributed by atoms with Crippen molar-refractivity contribution in [1.82, 2.24) is 19.9 Å². The normalized spacial score (nSPS) is 11.0. The molecule has 0 unspecified atom stereocenters. The van der Waals surface area contributed by atoms with Gasteiger partial charge in [0.2, 0.25) is 0 Å². The minimum atomic E-state index is -0.419. The first-order chi connectivity index (χ1) is 11.5. The van der Waals surface area contributed by atoms with E-state index >= 15 is 0 Å². The van der Waals surface area contributed by atoms with E-state index in [0.717, 1.165) is 22.4 Å². The van der Waals surface area contributed by atoms with E-state index in [1.54, 1.807) is 24.9 Å². The number of pyridine rings is 1. The zero-order valence-corrected chi connectivity index (χ0v) is 14.1. The number of nitrogens with zero attached hydrogens (tertiary/aromatic N) is 4. The van der Waals surface area contributed by atoms with Gasteiger partial charge in [-0.05, 0) is 20.8 Å². The first kappa shape index (κ1) is 16.0. The number of carbonyl (C=O) groups excluding carboxylic acids is 1. The second-order valence-electron chi connectivity index (χ2n) is 5.43. The van der Waals surface area contributed by atoms with Crippen molar-refractivity contribution < 1.29 is 14.1 Å². The molecule has 24 heavy (non-hydrogen) atoms. The van der Waals surface area contributed by atoms with Crippen molar-refractivity contribution in [3.63, 3.8) is 0 Å². The van der Waals surface area contributed by atoms with Gasteiger partial charge in [0.25, 0.3) is 0 Å². The van der Waals surface area contributed by atoms with Crippen LogP contribution in [0.25, 0.3) is 11.0 Å². The van der Waals surface area contributed by atoms with E-state index in [1.807, 2.05) is 13.8 Å². The van der Waals surface area contributed by atoms with Crippen LogP contribution in [0.1, 0.15) is 34.3 Å². The molecule has 3 aromatic rings. The molecule has 3 heterocycles. The van der Waals surface area contributed by atoms with Crippen LogP contribution in [0.2, 0.25) is 0 Å². The summed E-state index contributed by atoms with van der Waals surface area (Å²) in [5.74, 6) is 0.325. The van der Waals surface area contributed by atoms with Crippen LogP contribution in [-0.2, 0) is 18.3 Å². The minimum absolute atomic E-state index is 0.299. The third-order valence-electron chi connectivity index (χ3n) is 3.88. The lowest BCUT2D eigenvalue weighted by Crippen LogP contribution is -2.11. The number of ether oxygens (including phenoxy) is 1. The molecule has 0 fully saturated rings. The molecule has 0 radical (unpaired) electrons. The van der Waals surface area contributed by atoms with Crippen molar-refractivity contribution in [2.45, 2.75) is 27.3 Å². The summed E-state index contributed by atoms with van der Waals surface area (Å²) in [5.41, 5.74) is 3.48. The number of nitrogens with one attached hydrogen (secondary N) is 1. The highest BCUT2D eigenvalue weighted by molar-refractivity contribution is 6.04. The predicted molar refractivity (Wildman–Crippen MR) is 87.8 cm³/mol. The SMILES string of the molecule is CCOC(=O)c1cnc2c(cnn2C)c1NCc1c(C)noc1C. The van der Waals surface area contributed by atoms with Gasteiger partial charge in [-0.2, -0.15) is 5.10 Å². The molecule has 0 saturated carbocycles. The second-order valence-corrected chi connectivity index (χ2v) is 5.43. The maximum atomic E-state index is 12.3. The van der Waals surface area contributed by atoms with Gasteiger partial charge in [-0.1, -0.05) is 5.16 Å². The molecule has 0 amide bonds. The van der Waals surface area contributed by atoms with E-state index in [4.69, 9.17) is 9.26 Å². The van der Waals surface area contributed by atoms with Gasteiger partial charge >= 0.3 is 5.97 Å². The van der Waals surface area contributed by atoms with Gasteiger partial charge in [0.15, 0.2) is 5.65 Å². The lowest BCUT2D eigenvalue weighted by atomic mass is 10.1. The third-order valence-corrected chi connectivity index (χ3v) is 3.88. The van der Waals surface area contributed by atoms with E-state index in [1.165, 1.54) is 6.20 Å². The number of aryl methyl sites for hydroxylation is 3. The first-order valence-corrected chi connectivity index (χ1v) is 7.66. The molecular weight excluding hydrogens is 310 g/mol. The van der Waals surface area contributed by atoms with Gasteiger partial charge in [0.1, 0.15) is 11.3 Å². The van der Waals surface area contributed by atoms with Crippen LogP contribution in [0.15, 0.2) is 16.9 Å². The number of hydrogen-bond donors (Lipinski definition) is 1. The minimum Gasteiger partial charge on any atom is -0.462 e. The maximum absolute atomic E-state index is 12.3. The van der Waals surface area contributed by atoms with Crippen molar-refractivity contribution >= 4 is 22.7 Å². The van der Waals surface area contributed by atoms with Gasteiger partial charge in [-0.3, -0.25) is 4.68 Å². The summed E-state index contributed by atoms with van der Waals surface area (Å²) >= 11 is 0. The molecule has 8 heteroatoms. The molecule has 0 bridgehead atoms. The molecule has 8 nitrogen and oxygen atoms in total. The van der Waals surface area contributed by atoms with E-state index in [0.29, 0.717) is 30.0 Å². The van der Waals surface area contributed by atoms with Crippen LogP contribution >= 0.6 is 0 Å². The molecule has 0 atom stereocenters. The topological polar surface area (TPSA) is 95.1 Å². The fraction of sp³-hybridized carbons (Fsp3) is 0.375. The lowest BCUT2D eigenvalue weighted by Gasteiger charge is -2.12. The predicted octanol–water partition coefficient (Wildman–Crippen LogP) is 2.36. The molecule has 0 saturated heterocycles. The fourth-order valence-corrected chi connectivity index (χ4v) is 2.58. The Bertz CT molecular complexity index is 877. The van der Waals surface area contributed by atoms with E-state index in [-0.39, 0.29) is 0 Å². The number of fused-ring (bicyclic) bond motifs is 1. The standard InChI is InChI=1S/C16H19N5O3/c1-5-23-16(22)13-7-18-15-12(8-19-21(15)4)14(13)17-6-11-9(2)20-24-10(11)3/h7-8H,5-6H2,1-4H3,(H,17,18). The van der Waals surface area contributed by atoms with Crippen LogP contribution in [0, 0.1) is 13.8 Å². The number of carbonyl (C=O) groups is 1. The van der Waals surface area contributed by atoms with Crippen molar-refractivity contribution in [3.05, 3.63) is 35.0 Å². The Kier molecular flexibility index (Phi) is 4.20. The third kappa shape index (κ3) is 2.70. The first-order valence-electron chi connectivity index (χ1n) is 7.66. The molecule has 126 valence electrons. The van der Waals surface area contributed by atoms with Gasteiger partial charge in [-0.15, -0.1) is 0 Å². The lowest BCUT2D eigenvalue weighted by molar-refractivity contribution is 0.0527. The summed E-state index contributed by atoms with van der Waals surface area (Å²) in [4.78, 5) is 16.6. The Hall–Kier alpha value is -2.90. The van der Waals surface area contributed by atoms with Crippen molar-refractivity contribution in [2.24, 2.45) is 7.05 Å². The quantitative estimate of drug-likeness (QED) is 0.718. The highest BCUT2D eigenvalue weighted by atomic mass is 16.5. The zero-order valence-electron chi connectivity index (χ0n) is 14.1. The Morgan fingerprint density at radius 3 is 2.83 bits per heavy atom. The summed E-state index contributed by atoms with van der Waals surface area (Å²) in [5, 5.41) is 12.2. The summed E-state index contributed by atoms with van der Waals surface area (Å²) in [6.45, 7) is 6.28. The molecular formula is C16H19N5O3. The summed E-state index contributed by atoms with van der Waals surface area (Å²) in [6, 6.07) is 0. The van der Waals surface area contributed by atoms with E-state index in [9.17, 15) is 4.79 Å². The van der Waals surface area contributed by atoms with Gasteiger partial charge in [0.05, 0.1) is 29.6 Å². The molecule has 0 aliphatic rings. The fourth-order valence-electron chi connectivity index (χ4n) is 2.58. The van der Waals surface area contributed by atoms with Crippen LogP contribution in [0.3, 0.4) is 0 Å². The molecule has 3 rings (SSSR count). The summed E-state index contributed by atoms with van der Waals surface area (Å²) < 4.78 is 12.0. The smallest absolute Gasteiger partial charge is 0.341 e. The van der Waals surface area contributed by atoms with Crippen LogP contribution in [0.4, 0.5) is 5.69 Å². The Labute approximate surface area is 138 Å². The Morgan fingerprint density at radius 1 is 1.38 bits per heavy atom. The van der Waals surface area contributed by atoms with Crippen LogP contribution in [-0.4, -0.2) is 32.5 Å². The number of hydrogen-bond acceptors (Lipinski definition) is 7. The molecule has 0 aliphatic carbocycles. The van der Waals surface area contributed by atoms with Crippen molar-refractivity contribution in [3.8, 4) is 0 Å². The van der Waals surface area contributed by atoms with Gasteiger partial charge in [0, 0.05) is 25.4 Å². The number of aromatic nitrogens is 4. The molecule has 1 N–H and O–H groups in total. The number of anilines is 1. The van der Waals surface area contributed by atoms with E-state index in [2.05, 4.69) is 20.6 Å². The molecule has 0 aromatic carbocycles. The number of esters is 1. The number of rotatable bonds is 5. The van der Waals surface area contributed by atoms with Crippen LogP contribution in [0.5, 0.6) is 0 Å². The average Bonchev–Trinajstić information content (AvgIpc) is 3.09. The van der Waals surface area contributed by atoms with Gasteiger partial charge in [-0.25, -0.2) is 9.78 Å².